The molecule has 0 aromatic heterocycles. The van der Waals surface area contributed by atoms with Gasteiger partial charge in [0, 0.05) is 37.3 Å². The lowest BCUT2D eigenvalue weighted by molar-refractivity contribution is -0.127. The molecule has 0 saturated carbocycles. The second-order valence-electron chi connectivity index (χ2n) is 6.08. The van der Waals surface area contributed by atoms with Crippen molar-refractivity contribution in [1.29, 1.82) is 0 Å². The van der Waals surface area contributed by atoms with Crippen molar-refractivity contribution in [3.8, 4) is 0 Å². The zero-order chi connectivity index (χ0) is 17.8. The number of hydrogen-bond acceptors (Lipinski definition) is 4. The van der Waals surface area contributed by atoms with Crippen LogP contribution in [-0.2, 0) is 9.59 Å². The molecule has 2 fully saturated rings. The summed E-state index contributed by atoms with van der Waals surface area (Å²) in [7, 11) is 0. The highest BCUT2D eigenvalue weighted by Gasteiger charge is 2.27. The van der Waals surface area contributed by atoms with E-state index in [1.165, 1.54) is 4.90 Å². The molecule has 1 aromatic carbocycles. The summed E-state index contributed by atoms with van der Waals surface area (Å²) in [5.74, 6) is -0.365. The normalized spacial score (nSPS) is 17.2. The van der Waals surface area contributed by atoms with Crippen molar-refractivity contribution in [3.63, 3.8) is 0 Å². The van der Waals surface area contributed by atoms with Gasteiger partial charge in [0.25, 0.3) is 5.91 Å². The second-order valence-corrected chi connectivity index (χ2v) is 6.08. The maximum absolute atomic E-state index is 12.1. The number of likely N-dealkylation sites (tertiary alicyclic amines) is 1. The molecule has 5 amide bonds. The number of carbonyl (C=O) groups excluding carboxylic acids is 4. The number of nitrogens with zero attached hydrogens (tertiary/aromatic N) is 2. The molecule has 3 rings (SSSR count). The molecular formula is C17H20N4O4. The van der Waals surface area contributed by atoms with Gasteiger partial charge in [0.15, 0.2) is 0 Å². The van der Waals surface area contributed by atoms with E-state index in [4.69, 9.17) is 0 Å². The van der Waals surface area contributed by atoms with Crippen LogP contribution in [0.2, 0.25) is 0 Å². The fourth-order valence-electron chi connectivity index (χ4n) is 2.96. The minimum atomic E-state index is -0.460. The zero-order valence-corrected chi connectivity index (χ0v) is 13.8. The Bertz CT molecular complexity index is 701. The Morgan fingerprint density at radius 2 is 1.92 bits per heavy atom. The molecule has 2 heterocycles. The third-order valence-corrected chi connectivity index (χ3v) is 4.30. The first-order valence-electron chi connectivity index (χ1n) is 8.32. The van der Waals surface area contributed by atoms with E-state index in [9.17, 15) is 19.2 Å². The highest BCUT2D eigenvalue weighted by molar-refractivity contribution is 6.12. The predicted molar refractivity (Wildman–Crippen MR) is 90.1 cm³/mol. The Labute approximate surface area is 145 Å². The number of anilines is 1. The molecule has 132 valence electrons. The monoisotopic (exact) mass is 344 g/mol. The molecule has 2 saturated heterocycles. The van der Waals surface area contributed by atoms with Gasteiger partial charge in [-0.05, 0) is 37.1 Å². The van der Waals surface area contributed by atoms with Crippen LogP contribution in [0.4, 0.5) is 10.5 Å². The maximum Gasteiger partial charge on any atom is 0.329 e. The van der Waals surface area contributed by atoms with Crippen LogP contribution in [0.3, 0.4) is 0 Å². The molecule has 2 aliphatic rings. The van der Waals surface area contributed by atoms with Crippen LogP contribution in [0, 0.1) is 0 Å². The second kappa shape index (κ2) is 7.33. The summed E-state index contributed by atoms with van der Waals surface area (Å²) in [6.07, 6.45) is 2.25. The molecule has 0 atom stereocenters. The number of carbonyl (C=O) groups is 4. The first-order valence-corrected chi connectivity index (χ1v) is 8.32. The van der Waals surface area contributed by atoms with Gasteiger partial charge in [-0.25, -0.2) is 4.79 Å². The topological polar surface area (TPSA) is 98.8 Å². The molecule has 1 aromatic rings. The van der Waals surface area contributed by atoms with Gasteiger partial charge in [0.2, 0.25) is 11.8 Å². The average molecular weight is 344 g/mol. The summed E-state index contributed by atoms with van der Waals surface area (Å²) < 4.78 is 0. The molecule has 25 heavy (non-hydrogen) atoms. The van der Waals surface area contributed by atoms with Crippen molar-refractivity contribution in [3.05, 3.63) is 29.8 Å². The predicted octanol–water partition coefficient (Wildman–Crippen LogP) is 0.485. The van der Waals surface area contributed by atoms with E-state index in [-0.39, 0.29) is 24.3 Å². The quantitative estimate of drug-likeness (QED) is 0.579. The first-order chi connectivity index (χ1) is 12.0. The van der Waals surface area contributed by atoms with Gasteiger partial charge in [-0.15, -0.1) is 0 Å². The number of rotatable bonds is 6. The average Bonchev–Trinajstić information content (AvgIpc) is 3.16. The molecule has 2 N–H and O–H groups in total. The lowest BCUT2D eigenvalue weighted by Crippen LogP contribution is -2.30. The largest absolute Gasteiger partial charge is 0.352 e. The minimum Gasteiger partial charge on any atom is -0.352 e. The van der Waals surface area contributed by atoms with Gasteiger partial charge in [-0.3, -0.25) is 24.6 Å². The van der Waals surface area contributed by atoms with Gasteiger partial charge in [-0.2, -0.15) is 0 Å². The van der Waals surface area contributed by atoms with E-state index >= 15 is 0 Å². The SMILES string of the molecule is O=C1CN(c2ccc(C(=O)NCCCN3CCCC3=O)cc2)C(=O)N1. The Hall–Kier alpha value is -2.90. The number of benzene rings is 1. The van der Waals surface area contributed by atoms with Crippen molar-refractivity contribution in [2.75, 3.05) is 31.1 Å². The van der Waals surface area contributed by atoms with E-state index in [1.807, 2.05) is 4.90 Å². The van der Waals surface area contributed by atoms with E-state index in [0.29, 0.717) is 37.2 Å². The minimum absolute atomic E-state index is 0.0143. The van der Waals surface area contributed by atoms with E-state index < -0.39 is 6.03 Å². The van der Waals surface area contributed by atoms with Crippen LogP contribution in [-0.4, -0.2) is 54.8 Å². The van der Waals surface area contributed by atoms with Crippen LogP contribution in [0.15, 0.2) is 24.3 Å². The van der Waals surface area contributed by atoms with Gasteiger partial charge in [0.1, 0.15) is 6.54 Å². The van der Waals surface area contributed by atoms with Gasteiger partial charge < -0.3 is 10.2 Å². The Balaban J connectivity index is 1.47. The first kappa shape index (κ1) is 16.9. The third-order valence-electron chi connectivity index (χ3n) is 4.30. The van der Waals surface area contributed by atoms with Crippen LogP contribution < -0.4 is 15.5 Å². The van der Waals surface area contributed by atoms with Crippen LogP contribution in [0.1, 0.15) is 29.6 Å². The molecular weight excluding hydrogens is 324 g/mol. The van der Waals surface area contributed by atoms with Gasteiger partial charge in [-0.1, -0.05) is 0 Å². The Morgan fingerprint density at radius 1 is 1.16 bits per heavy atom. The zero-order valence-electron chi connectivity index (χ0n) is 13.8. The number of amides is 5. The fraction of sp³-hybridized carbons (Fsp3) is 0.412. The van der Waals surface area contributed by atoms with Crippen molar-refractivity contribution >= 4 is 29.4 Å². The highest BCUT2D eigenvalue weighted by Crippen LogP contribution is 2.17. The van der Waals surface area contributed by atoms with Crippen molar-refractivity contribution < 1.29 is 19.2 Å². The summed E-state index contributed by atoms with van der Waals surface area (Å²) in [4.78, 5) is 49.6. The van der Waals surface area contributed by atoms with Gasteiger partial charge >= 0.3 is 6.03 Å². The standard InChI is InChI=1S/C17H20N4O4/c22-14-11-21(17(25)19-14)13-6-4-12(5-7-13)16(24)18-8-2-10-20-9-1-3-15(20)23/h4-7H,1-3,8-11H2,(H,18,24)(H,19,22,25). The molecule has 0 aliphatic carbocycles. The van der Waals surface area contributed by atoms with E-state index in [1.54, 1.807) is 24.3 Å². The van der Waals surface area contributed by atoms with Crippen molar-refractivity contribution in [2.24, 2.45) is 0 Å². The lowest BCUT2D eigenvalue weighted by Gasteiger charge is -2.15. The highest BCUT2D eigenvalue weighted by atomic mass is 16.2. The number of nitrogens with one attached hydrogen (secondary N) is 2. The van der Waals surface area contributed by atoms with Crippen molar-refractivity contribution in [1.82, 2.24) is 15.5 Å². The van der Waals surface area contributed by atoms with E-state index in [0.717, 1.165) is 13.0 Å². The van der Waals surface area contributed by atoms with Crippen molar-refractivity contribution in [2.45, 2.75) is 19.3 Å². The molecule has 8 heteroatoms. The summed E-state index contributed by atoms with van der Waals surface area (Å²) in [6, 6.07) is 6.04. The Morgan fingerprint density at radius 3 is 2.52 bits per heavy atom. The molecule has 0 unspecified atom stereocenters. The van der Waals surface area contributed by atoms with Gasteiger partial charge in [0.05, 0.1) is 0 Å². The number of hydrogen-bond donors (Lipinski definition) is 2. The summed E-state index contributed by atoms with van der Waals surface area (Å²) in [5, 5.41) is 5.02. The molecule has 0 spiro atoms. The fourth-order valence-corrected chi connectivity index (χ4v) is 2.96. The number of urea groups is 1. The molecule has 2 aliphatic heterocycles. The van der Waals surface area contributed by atoms with E-state index in [2.05, 4.69) is 10.6 Å². The molecule has 8 nitrogen and oxygen atoms in total. The molecule has 0 radical (unpaired) electrons. The smallest absolute Gasteiger partial charge is 0.329 e. The lowest BCUT2D eigenvalue weighted by atomic mass is 10.2. The third kappa shape index (κ3) is 3.96. The summed E-state index contributed by atoms with van der Waals surface area (Å²) in [6.45, 7) is 1.95. The summed E-state index contributed by atoms with van der Waals surface area (Å²) in [5.41, 5.74) is 1.04. The molecule has 0 bridgehead atoms. The number of imide groups is 1. The van der Waals surface area contributed by atoms with Crippen LogP contribution in [0.25, 0.3) is 0 Å². The maximum atomic E-state index is 12.1. The Kier molecular flexibility index (Phi) is 4.97. The van der Waals surface area contributed by atoms with Crippen LogP contribution in [0.5, 0.6) is 0 Å². The van der Waals surface area contributed by atoms with Crippen LogP contribution >= 0.6 is 0 Å². The summed E-state index contributed by atoms with van der Waals surface area (Å²) >= 11 is 0.